The van der Waals surface area contributed by atoms with Gasteiger partial charge in [-0.3, -0.25) is 0 Å². The summed E-state index contributed by atoms with van der Waals surface area (Å²) in [6.07, 6.45) is 0. The topological polar surface area (TPSA) is 224 Å². The Kier molecular flexibility index (Phi) is 9.53. The van der Waals surface area contributed by atoms with Crippen molar-refractivity contribution in [3.63, 3.8) is 0 Å². The molecule has 0 fully saturated rings. The Morgan fingerprint density at radius 3 is 1.07 bits per heavy atom. The highest BCUT2D eigenvalue weighted by Gasteiger charge is 2.00. The summed E-state index contributed by atoms with van der Waals surface area (Å²) in [5.74, 6) is 0. The average molecular weight is 260 g/mol. The van der Waals surface area contributed by atoms with Crippen molar-refractivity contribution < 1.29 is 44.7 Å². The maximum atomic E-state index is 9.49. The molecule has 90 valence electrons. The molecule has 0 aliphatic heterocycles. The summed E-state index contributed by atoms with van der Waals surface area (Å²) in [6.45, 7) is 0. The van der Waals surface area contributed by atoms with Crippen LogP contribution in [0, 0.1) is 0 Å². The lowest BCUT2D eigenvalue weighted by Crippen LogP contribution is -2.09. The third-order valence-electron chi connectivity index (χ3n) is 0.250. The fourth-order valence-electron chi connectivity index (χ4n) is 0.0907. The summed E-state index contributed by atoms with van der Waals surface area (Å²) in [6, 6.07) is 0. The molecule has 0 aromatic rings. The maximum Gasteiger partial charge on any atom is 0.248 e. The molecular weight excluding hydrogens is 252 g/mol. The highest BCUT2D eigenvalue weighted by Crippen LogP contribution is 1.92. The van der Waals surface area contributed by atoms with Gasteiger partial charge in [0.15, 0.2) is 0 Å². The highest BCUT2D eigenvalue weighted by molar-refractivity contribution is 7.80. The van der Waals surface area contributed by atoms with Crippen LogP contribution >= 0.6 is 0 Å². The van der Waals surface area contributed by atoms with E-state index in [0.29, 0.717) is 0 Å². The van der Waals surface area contributed by atoms with Crippen molar-refractivity contribution in [2.24, 2.45) is 0 Å². The van der Waals surface area contributed by atoms with E-state index in [1.54, 1.807) is 0 Å². The minimum absolute atomic E-state index is 0. The lowest BCUT2D eigenvalue weighted by Gasteiger charge is -2.05. The number of hydrogen-bond acceptors (Lipinski definition) is 10. The average Bonchev–Trinajstić information content (AvgIpc) is 1.76. The summed E-state index contributed by atoms with van der Waals surface area (Å²) in [5, 5.41) is 5.74. The Morgan fingerprint density at radius 2 is 0.929 bits per heavy atom. The molecule has 0 unspecified atom stereocenters. The predicted octanol–water partition coefficient (Wildman–Crippen LogP) is -1.53. The van der Waals surface area contributed by atoms with Gasteiger partial charge in [-0.05, 0) is 10.1 Å². The van der Waals surface area contributed by atoms with Crippen LogP contribution in [-0.2, 0) is 39.5 Å². The first-order valence-corrected chi connectivity index (χ1v) is 4.50. The van der Waals surface area contributed by atoms with Gasteiger partial charge in [-0.25, -0.2) is 16.8 Å². The third-order valence-corrected chi connectivity index (χ3v) is 0.694. The third kappa shape index (κ3) is 17.6. The molecular formula is H8N2O10S2. The van der Waals surface area contributed by atoms with Crippen LogP contribution < -0.4 is 12.3 Å². The van der Waals surface area contributed by atoms with E-state index in [0.717, 1.165) is 0 Å². The molecule has 14 heteroatoms. The van der Waals surface area contributed by atoms with Gasteiger partial charge in [0.2, 0.25) is 20.8 Å². The monoisotopic (exact) mass is 260 g/mol. The summed E-state index contributed by atoms with van der Waals surface area (Å²) in [5.41, 5.74) is 0. The lowest BCUT2D eigenvalue weighted by molar-refractivity contribution is -0.577. The van der Waals surface area contributed by atoms with E-state index in [9.17, 15) is 25.9 Å². The zero-order valence-electron chi connectivity index (χ0n) is 6.90. The van der Waals surface area contributed by atoms with E-state index in [2.05, 4.69) is 18.7 Å². The maximum absolute atomic E-state index is 9.49. The van der Waals surface area contributed by atoms with Crippen molar-refractivity contribution in [1.82, 2.24) is 12.3 Å². The van der Waals surface area contributed by atoms with Gasteiger partial charge in [0, 0.05) is 0 Å². The predicted molar refractivity (Wildman–Crippen MR) is 35.7 cm³/mol. The number of rotatable bonds is 5. The molecule has 0 aromatic carbocycles. The summed E-state index contributed by atoms with van der Waals surface area (Å²) >= 11 is 0. The van der Waals surface area contributed by atoms with Gasteiger partial charge in [-0.1, -0.05) is 8.67 Å². The molecule has 14 heavy (non-hydrogen) atoms. The standard InChI is InChI=1S/2H3N.H2O10S2/c;;1-11(2,3)9-7-8-10-12(4,5)6/h2*1H3;(H,1,2,3)(H,4,5,6). The SMILES string of the molecule is O=S(=O)([O-])OOOOS(=O)(=O)[O-].[NH4+].[NH4+]. The minimum atomic E-state index is -5.22. The second-order valence-corrected chi connectivity index (χ2v) is 2.99. The van der Waals surface area contributed by atoms with Gasteiger partial charge in [-0.2, -0.15) is 0 Å². The molecule has 0 saturated heterocycles. The van der Waals surface area contributed by atoms with Gasteiger partial charge in [0.25, 0.3) is 0 Å². The van der Waals surface area contributed by atoms with Crippen LogP contribution in [0.25, 0.3) is 0 Å². The zero-order chi connectivity index (χ0) is 9.83. The van der Waals surface area contributed by atoms with Crippen LogP contribution in [0.4, 0.5) is 0 Å². The first-order valence-electron chi connectivity index (χ1n) is 1.83. The summed E-state index contributed by atoms with van der Waals surface area (Å²) < 4.78 is 62.5. The van der Waals surface area contributed by atoms with Crippen LogP contribution in [0.5, 0.6) is 0 Å². The zero-order valence-corrected chi connectivity index (χ0v) is 8.53. The summed E-state index contributed by atoms with van der Waals surface area (Å²) in [4.78, 5) is 0. The van der Waals surface area contributed by atoms with Gasteiger partial charge >= 0.3 is 0 Å². The molecule has 0 amide bonds. The van der Waals surface area contributed by atoms with Gasteiger partial charge < -0.3 is 21.4 Å². The van der Waals surface area contributed by atoms with Gasteiger partial charge in [0.1, 0.15) is 0 Å². The van der Waals surface area contributed by atoms with Crippen molar-refractivity contribution in [3.8, 4) is 0 Å². The molecule has 0 spiro atoms. The molecule has 0 saturated carbocycles. The second kappa shape index (κ2) is 6.95. The molecule has 12 nitrogen and oxygen atoms in total. The Balaban J connectivity index is -0.000000605. The molecule has 0 rings (SSSR count). The molecule has 0 heterocycles. The fraction of sp³-hybridized carbons (Fsp3) is 0. The molecule has 0 radical (unpaired) electrons. The summed E-state index contributed by atoms with van der Waals surface area (Å²) in [7, 11) is -10.4. The first kappa shape index (κ1) is 19.2. The smallest absolute Gasteiger partial charge is 0.248 e. The van der Waals surface area contributed by atoms with Crippen molar-refractivity contribution in [2.75, 3.05) is 0 Å². The Morgan fingerprint density at radius 1 is 0.714 bits per heavy atom. The van der Waals surface area contributed by atoms with E-state index in [-0.39, 0.29) is 12.3 Å². The molecule has 0 bridgehead atoms. The van der Waals surface area contributed by atoms with Gasteiger partial charge in [0.05, 0.1) is 0 Å². The van der Waals surface area contributed by atoms with Crippen LogP contribution in [0.3, 0.4) is 0 Å². The van der Waals surface area contributed by atoms with Crippen molar-refractivity contribution in [1.29, 1.82) is 0 Å². The second-order valence-electron chi connectivity index (χ2n) is 1.09. The number of quaternary nitrogens is 2. The van der Waals surface area contributed by atoms with Crippen LogP contribution in [0.1, 0.15) is 0 Å². The highest BCUT2D eigenvalue weighted by atomic mass is 32.3. The molecule has 0 atom stereocenters. The molecule has 0 aliphatic rings. The van der Waals surface area contributed by atoms with Crippen molar-refractivity contribution >= 4 is 20.8 Å². The normalized spacial score (nSPS) is 11.3. The van der Waals surface area contributed by atoms with E-state index in [1.807, 2.05) is 0 Å². The van der Waals surface area contributed by atoms with E-state index in [1.165, 1.54) is 0 Å². The Bertz CT molecular complexity index is 276. The number of hydrogen-bond donors (Lipinski definition) is 2. The molecule has 8 N–H and O–H groups in total. The minimum Gasteiger partial charge on any atom is -0.724 e. The van der Waals surface area contributed by atoms with Crippen molar-refractivity contribution in [3.05, 3.63) is 0 Å². The Labute approximate surface area is 78.6 Å². The van der Waals surface area contributed by atoms with Gasteiger partial charge in [-0.15, -0.1) is 0 Å². The van der Waals surface area contributed by atoms with E-state index in [4.69, 9.17) is 0 Å². The quantitative estimate of drug-likeness (QED) is 0.190. The largest absolute Gasteiger partial charge is 0.724 e. The van der Waals surface area contributed by atoms with Crippen molar-refractivity contribution in [2.45, 2.75) is 0 Å². The van der Waals surface area contributed by atoms with Crippen LogP contribution in [-0.4, -0.2) is 25.9 Å². The van der Waals surface area contributed by atoms with Crippen LogP contribution in [0.2, 0.25) is 0 Å². The first-order chi connectivity index (χ1) is 5.21. The Hall–Kier alpha value is -0.420. The molecule has 0 aliphatic carbocycles. The lowest BCUT2D eigenvalue weighted by atomic mass is 14.0. The molecule has 0 aromatic heterocycles. The van der Waals surface area contributed by atoms with Crippen LogP contribution in [0.15, 0.2) is 0 Å². The van der Waals surface area contributed by atoms with E-state index >= 15 is 0 Å². The fourth-order valence-corrected chi connectivity index (χ4v) is 0.272. The van der Waals surface area contributed by atoms with E-state index < -0.39 is 20.8 Å².